The van der Waals surface area contributed by atoms with Gasteiger partial charge in [-0.15, -0.1) is 0 Å². The van der Waals surface area contributed by atoms with Crippen molar-refractivity contribution in [3.8, 4) is 0 Å². The topological polar surface area (TPSA) is 6.48 Å². The van der Waals surface area contributed by atoms with Crippen LogP contribution in [0.15, 0.2) is 24.3 Å². The van der Waals surface area contributed by atoms with Gasteiger partial charge in [0, 0.05) is 38.4 Å². The smallest absolute Gasteiger partial charge is 0.123 e. The van der Waals surface area contributed by atoms with E-state index in [-0.39, 0.29) is 5.82 Å². The van der Waals surface area contributed by atoms with E-state index in [1.165, 1.54) is 19.4 Å². The Labute approximate surface area is 120 Å². The van der Waals surface area contributed by atoms with E-state index >= 15 is 0 Å². The molecule has 1 aliphatic carbocycles. The van der Waals surface area contributed by atoms with Crippen molar-refractivity contribution in [2.45, 2.75) is 12.8 Å². The van der Waals surface area contributed by atoms with Crippen molar-refractivity contribution in [3.05, 3.63) is 30.1 Å². The fraction of sp³-hybridized carbons (Fsp3) is 0.600. The van der Waals surface area contributed by atoms with E-state index < -0.39 is 0 Å². The Morgan fingerprint density at radius 2 is 1.68 bits per heavy atom. The maximum atomic E-state index is 12.9. The van der Waals surface area contributed by atoms with Crippen molar-refractivity contribution in [2.24, 2.45) is 5.41 Å². The minimum Gasteiger partial charge on any atom is -0.369 e. The molecule has 1 aromatic rings. The average Bonchev–Trinajstić information content (AvgIpc) is 3.21. The van der Waals surface area contributed by atoms with Crippen molar-refractivity contribution in [3.63, 3.8) is 0 Å². The summed E-state index contributed by atoms with van der Waals surface area (Å²) in [4.78, 5) is 4.90. The summed E-state index contributed by atoms with van der Waals surface area (Å²) in [6, 6.07) is 6.84. The number of anilines is 1. The van der Waals surface area contributed by atoms with Gasteiger partial charge in [0.15, 0.2) is 0 Å². The van der Waals surface area contributed by atoms with E-state index in [0.29, 0.717) is 5.41 Å². The Balaban J connectivity index is 1.53. The van der Waals surface area contributed by atoms with Gasteiger partial charge in [0.1, 0.15) is 5.82 Å². The van der Waals surface area contributed by atoms with Crippen molar-refractivity contribution in [1.82, 2.24) is 4.90 Å². The fourth-order valence-electron chi connectivity index (χ4n) is 2.83. The van der Waals surface area contributed by atoms with Gasteiger partial charge in [-0.1, -0.05) is 0 Å². The first-order chi connectivity index (χ1) is 9.21. The predicted molar refractivity (Wildman–Crippen MR) is 80.6 cm³/mol. The second kappa shape index (κ2) is 5.33. The number of nitrogens with zero attached hydrogens (tertiary/aromatic N) is 2. The Kier molecular flexibility index (Phi) is 3.72. The third-order valence-electron chi connectivity index (χ3n) is 4.42. The lowest BCUT2D eigenvalue weighted by Gasteiger charge is -2.37. The number of hydrogen-bond acceptors (Lipinski definition) is 3. The molecule has 1 saturated carbocycles. The Bertz CT molecular complexity index is 422. The van der Waals surface area contributed by atoms with Crippen LogP contribution in [0.3, 0.4) is 0 Å². The third-order valence-corrected chi connectivity index (χ3v) is 5.09. The molecule has 1 saturated heterocycles. The quantitative estimate of drug-likeness (QED) is 0.847. The number of benzene rings is 1. The summed E-state index contributed by atoms with van der Waals surface area (Å²) < 4.78 is 12.9. The van der Waals surface area contributed by atoms with E-state index in [1.807, 2.05) is 12.1 Å². The van der Waals surface area contributed by atoms with Crippen LogP contribution >= 0.6 is 12.6 Å². The number of rotatable bonds is 4. The molecule has 0 amide bonds. The molecule has 1 aliphatic heterocycles. The molecule has 2 aliphatic rings. The number of thiol groups is 1. The molecule has 19 heavy (non-hydrogen) atoms. The van der Waals surface area contributed by atoms with Gasteiger partial charge in [0.2, 0.25) is 0 Å². The maximum absolute atomic E-state index is 12.9. The maximum Gasteiger partial charge on any atom is 0.123 e. The Hall–Kier alpha value is -0.740. The largest absolute Gasteiger partial charge is 0.369 e. The zero-order valence-corrected chi connectivity index (χ0v) is 12.1. The molecule has 4 heteroatoms. The standard InChI is InChI=1S/C15H21FN2S/c16-13-1-3-14(4-2-13)18-9-7-17(8-10-18)11-15(12-19)5-6-15/h1-4,19H,5-12H2. The number of halogens is 1. The highest BCUT2D eigenvalue weighted by atomic mass is 32.1. The van der Waals surface area contributed by atoms with Crippen molar-refractivity contribution < 1.29 is 4.39 Å². The molecule has 2 nitrogen and oxygen atoms in total. The molecule has 0 aromatic heterocycles. The van der Waals surface area contributed by atoms with Gasteiger partial charge in [-0.05, 0) is 48.3 Å². The molecular weight excluding hydrogens is 259 g/mol. The molecule has 0 N–H and O–H groups in total. The van der Waals surface area contributed by atoms with Gasteiger partial charge in [-0.3, -0.25) is 4.90 Å². The first-order valence-corrected chi connectivity index (χ1v) is 7.68. The van der Waals surface area contributed by atoms with Gasteiger partial charge >= 0.3 is 0 Å². The molecule has 0 spiro atoms. The highest BCUT2D eigenvalue weighted by Gasteiger charge is 2.42. The van der Waals surface area contributed by atoms with Gasteiger partial charge in [0.05, 0.1) is 0 Å². The van der Waals surface area contributed by atoms with E-state index in [1.54, 1.807) is 12.1 Å². The lowest BCUT2D eigenvalue weighted by molar-refractivity contribution is 0.218. The number of hydrogen-bond donors (Lipinski definition) is 1. The van der Waals surface area contributed by atoms with Crippen LogP contribution in [0, 0.1) is 11.2 Å². The van der Waals surface area contributed by atoms with Crippen molar-refractivity contribution >= 4 is 18.3 Å². The van der Waals surface area contributed by atoms with Gasteiger partial charge in [0.25, 0.3) is 0 Å². The molecule has 1 heterocycles. The van der Waals surface area contributed by atoms with Crippen LogP contribution in [-0.4, -0.2) is 43.4 Å². The second-order valence-corrected chi connectivity index (χ2v) is 6.21. The van der Waals surface area contributed by atoms with Crippen LogP contribution in [0.25, 0.3) is 0 Å². The predicted octanol–water partition coefficient (Wildman–Crippen LogP) is 2.66. The summed E-state index contributed by atoms with van der Waals surface area (Å²) in [5, 5.41) is 0. The summed E-state index contributed by atoms with van der Waals surface area (Å²) in [7, 11) is 0. The average molecular weight is 280 g/mol. The fourth-order valence-corrected chi connectivity index (χ4v) is 3.25. The van der Waals surface area contributed by atoms with Crippen LogP contribution in [0.1, 0.15) is 12.8 Å². The van der Waals surface area contributed by atoms with Crippen LogP contribution in [-0.2, 0) is 0 Å². The van der Waals surface area contributed by atoms with E-state index in [2.05, 4.69) is 22.4 Å². The molecule has 0 atom stereocenters. The zero-order chi connectivity index (χ0) is 13.3. The van der Waals surface area contributed by atoms with Gasteiger partial charge < -0.3 is 4.90 Å². The molecular formula is C15H21FN2S. The SMILES string of the molecule is Fc1ccc(N2CCN(CC3(CS)CC3)CC2)cc1. The highest BCUT2D eigenvalue weighted by Crippen LogP contribution is 2.47. The molecule has 1 aromatic carbocycles. The normalized spacial score (nSPS) is 22.5. The summed E-state index contributed by atoms with van der Waals surface area (Å²) in [5.74, 6) is 0.859. The summed E-state index contributed by atoms with van der Waals surface area (Å²) in [6.45, 7) is 5.48. The second-order valence-electron chi connectivity index (χ2n) is 5.90. The van der Waals surface area contributed by atoms with Crippen molar-refractivity contribution in [1.29, 1.82) is 0 Å². The molecule has 0 unspecified atom stereocenters. The van der Waals surface area contributed by atoms with E-state index in [4.69, 9.17) is 0 Å². The van der Waals surface area contributed by atoms with E-state index in [0.717, 1.165) is 37.6 Å². The molecule has 3 rings (SSSR count). The minimum atomic E-state index is -0.160. The molecule has 2 fully saturated rings. The van der Waals surface area contributed by atoms with E-state index in [9.17, 15) is 4.39 Å². The number of piperazine rings is 1. The first-order valence-electron chi connectivity index (χ1n) is 7.05. The van der Waals surface area contributed by atoms with Gasteiger partial charge in [-0.25, -0.2) is 4.39 Å². The van der Waals surface area contributed by atoms with Crippen LogP contribution in [0.5, 0.6) is 0 Å². The molecule has 0 radical (unpaired) electrons. The summed E-state index contributed by atoms with van der Waals surface area (Å²) in [5.41, 5.74) is 1.65. The van der Waals surface area contributed by atoms with Gasteiger partial charge in [-0.2, -0.15) is 12.6 Å². The van der Waals surface area contributed by atoms with Crippen LogP contribution < -0.4 is 4.90 Å². The van der Waals surface area contributed by atoms with Crippen LogP contribution in [0.4, 0.5) is 10.1 Å². The third kappa shape index (κ3) is 3.06. The Morgan fingerprint density at radius 1 is 1.05 bits per heavy atom. The van der Waals surface area contributed by atoms with Crippen molar-refractivity contribution in [2.75, 3.05) is 43.4 Å². The summed E-state index contributed by atoms with van der Waals surface area (Å²) in [6.07, 6.45) is 2.68. The highest BCUT2D eigenvalue weighted by molar-refractivity contribution is 7.80. The Morgan fingerprint density at radius 3 is 2.21 bits per heavy atom. The lowest BCUT2D eigenvalue weighted by Crippen LogP contribution is -2.48. The lowest BCUT2D eigenvalue weighted by atomic mass is 10.1. The monoisotopic (exact) mass is 280 g/mol. The zero-order valence-electron chi connectivity index (χ0n) is 11.2. The first kappa shape index (κ1) is 13.3. The minimum absolute atomic E-state index is 0.160. The summed E-state index contributed by atoms with van der Waals surface area (Å²) >= 11 is 4.48. The molecule has 104 valence electrons. The van der Waals surface area contributed by atoms with Crippen LogP contribution in [0.2, 0.25) is 0 Å². The molecule has 0 bridgehead atoms.